The molecule has 118 valence electrons. The molecule has 1 atom stereocenters. The molecule has 0 N–H and O–H groups in total. The Kier molecular flexibility index (Phi) is 3.89. The third kappa shape index (κ3) is 2.49. The highest BCUT2D eigenvalue weighted by atomic mass is 16.7. The van der Waals surface area contributed by atoms with Crippen molar-refractivity contribution in [2.75, 3.05) is 6.61 Å². The van der Waals surface area contributed by atoms with Gasteiger partial charge >= 0.3 is 5.97 Å². The maximum Gasteiger partial charge on any atom is 0.365 e. The van der Waals surface area contributed by atoms with E-state index in [9.17, 15) is 14.4 Å². The number of carbonyl (C=O) groups is 3. The Hall–Kier alpha value is -2.65. The predicted molar refractivity (Wildman–Crippen MR) is 79.0 cm³/mol. The number of amides is 2. The van der Waals surface area contributed by atoms with Gasteiger partial charge in [-0.1, -0.05) is 17.2 Å². The molecule has 1 aromatic rings. The summed E-state index contributed by atoms with van der Waals surface area (Å²) < 4.78 is 5.56. The molecule has 2 aliphatic heterocycles. The van der Waals surface area contributed by atoms with E-state index in [4.69, 9.17) is 16.0 Å². The van der Waals surface area contributed by atoms with Crippen molar-refractivity contribution >= 4 is 17.8 Å². The van der Waals surface area contributed by atoms with Gasteiger partial charge in [0, 0.05) is 13.0 Å². The molecule has 1 aromatic carbocycles. The number of hydrogen-bond donors (Lipinski definition) is 0. The van der Waals surface area contributed by atoms with E-state index >= 15 is 0 Å². The zero-order valence-electron chi connectivity index (χ0n) is 12.4. The van der Waals surface area contributed by atoms with E-state index in [0.717, 1.165) is 12.8 Å². The summed E-state index contributed by atoms with van der Waals surface area (Å²) in [5.74, 6) is 0.285. The molecular weight excluding hydrogens is 298 g/mol. The van der Waals surface area contributed by atoms with Crippen molar-refractivity contribution in [3.8, 4) is 12.3 Å². The third-order valence-corrected chi connectivity index (χ3v) is 4.04. The molecule has 6 heteroatoms. The van der Waals surface area contributed by atoms with Crippen molar-refractivity contribution < 1.29 is 24.0 Å². The lowest BCUT2D eigenvalue weighted by atomic mass is 9.91. The summed E-state index contributed by atoms with van der Waals surface area (Å²) >= 11 is 0. The van der Waals surface area contributed by atoms with Crippen LogP contribution < -0.4 is 0 Å². The number of fused-ring (bicyclic) bond motifs is 1. The first-order valence-electron chi connectivity index (χ1n) is 7.37. The van der Waals surface area contributed by atoms with Gasteiger partial charge in [-0.3, -0.25) is 9.59 Å². The Balaban J connectivity index is 1.82. The number of hydroxylamine groups is 2. The minimum Gasteiger partial charge on any atom is -0.362 e. The van der Waals surface area contributed by atoms with Crippen LogP contribution >= 0.6 is 0 Å². The second-order valence-corrected chi connectivity index (χ2v) is 5.51. The summed E-state index contributed by atoms with van der Waals surface area (Å²) in [6.45, 7) is 0.388. The minimum absolute atomic E-state index is 0.0367. The molecule has 1 unspecified atom stereocenters. The maximum absolute atomic E-state index is 12.5. The van der Waals surface area contributed by atoms with Gasteiger partial charge in [-0.15, -0.1) is 12.3 Å². The van der Waals surface area contributed by atoms with Crippen molar-refractivity contribution in [2.24, 2.45) is 0 Å². The molecule has 0 saturated carbocycles. The second-order valence-electron chi connectivity index (χ2n) is 5.51. The van der Waals surface area contributed by atoms with Gasteiger partial charge in [0.05, 0.1) is 11.1 Å². The first kappa shape index (κ1) is 15.3. The molecule has 1 fully saturated rings. The molecule has 0 aliphatic carbocycles. The van der Waals surface area contributed by atoms with Crippen molar-refractivity contribution in [1.82, 2.24) is 5.06 Å². The average Bonchev–Trinajstić information content (AvgIpc) is 2.81. The van der Waals surface area contributed by atoms with Gasteiger partial charge in [-0.25, -0.2) is 4.79 Å². The standard InChI is InChI=1S/C17H15NO5/c1-2-9-17(10-5-6-11-22-17)16(21)23-18-14(19)12-7-3-4-8-13(12)15(18)20/h1,3-4,7-8H,5-6,9-11H2. The second kappa shape index (κ2) is 5.86. The Morgan fingerprint density at radius 2 is 1.91 bits per heavy atom. The number of benzene rings is 1. The SMILES string of the molecule is C#CCC1(C(=O)ON2C(=O)c3ccccc3C2=O)CCCCO1. The lowest BCUT2D eigenvalue weighted by molar-refractivity contribution is -0.201. The molecule has 0 aromatic heterocycles. The van der Waals surface area contributed by atoms with Crippen LogP contribution in [0.3, 0.4) is 0 Å². The van der Waals surface area contributed by atoms with Crippen molar-refractivity contribution in [2.45, 2.75) is 31.3 Å². The fourth-order valence-corrected chi connectivity index (χ4v) is 2.81. The van der Waals surface area contributed by atoms with Crippen LogP contribution in [-0.4, -0.2) is 35.1 Å². The predicted octanol–water partition coefficient (Wildman–Crippen LogP) is 1.70. The van der Waals surface area contributed by atoms with Crippen molar-refractivity contribution in [3.05, 3.63) is 35.4 Å². The molecule has 2 aliphatic rings. The van der Waals surface area contributed by atoms with E-state index in [0.29, 0.717) is 18.1 Å². The summed E-state index contributed by atoms with van der Waals surface area (Å²) in [5, 5.41) is 0.489. The highest BCUT2D eigenvalue weighted by Crippen LogP contribution is 2.31. The maximum atomic E-state index is 12.5. The van der Waals surface area contributed by atoms with Gasteiger partial charge in [0.25, 0.3) is 11.8 Å². The summed E-state index contributed by atoms with van der Waals surface area (Å²) in [4.78, 5) is 42.1. The summed E-state index contributed by atoms with van der Waals surface area (Å²) in [6, 6.07) is 6.30. The number of hydrogen-bond acceptors (Lipinski definition) is 5. The lowest BCUT2D eigenvalue weighted by Crippen LogP contribution is -2.48. The smallest absolute Gasteiger partial charge is 0.362 e. The Morgan fingerprint density at radius 1 is 1.26 bits per heavy atom. The molecule has 6 nitrogen and oxygen atoms in total. The van der Waals surface area contributed by atoms with E-state index in [2.05, 4.69) is 5.92 Å². The van der Waals surface area contributed by atoms with E-state index in [1.165, 1.54) is 12.1 Å². The van der Waals surface area contributed by atoms with Gasteiger partial charge in [0.15, 0.2) is 5.60 Å². The first-order valence-corrected chi connectivity index (χ1v) is 7.37. The summed E-state index contributed by atoms with van der Waals surface area (Å²) in [5.41, 5.74) is -0.871. The first-order chi connectivity index (χ1) is 11.1. The fraction of sp³-hybridized carbons (Fsp3) is 0.353. The summed E-state index contributed by atoms with van der Waals surface area (Å²) in [6.07, 6.45) is 7.36. The van der Waals surface area contributed by atoms with Crippen LogP contribution in [0.4, 0.5) is 0 Å². The molecule has 1 saturated heterocycles. The number of rotatable bonds is 3. The van der Waals surface area contributed by atoms with Gasteiger partial charge in [-0.2, -0.15) is 0 Å². The van der Waals surface area contributed by atoms with E-state index in [1.54, 1.807) is 12.1 Å². The highest BCUT2D eigenvalue weighted by molar-refractivity contribution is 6.21. The zero-order valence-corrected chi connectivity index (χ0v) is 12.4. The van der Waals surface area contributed by atoms with E-state index < -0.39 is 23.4 Å². The van der Waals surface area contributed by atoms with Gasteiger partial charge < -0.3 is 9.57 Å². The minimum atomic E-state index is -1.29. The number of ether oxygens (including phenoxy) is 1. The van der Waals surface area contributed by atoms with Crippen LogP contribution in [0, 0.1) is 12.3 Å². The van der Waals surface area contributed by atoms with Crippen LogP contribution in [0.5, 0.6) is 0 Å². The van der Waals surface area contributed by atoms with Gasteiger partial charge in [0.2, 0.25) is 0 Å². The fourth-order valence-electron chi connectivity index (χ4n) is 2.81. The van der Waals surface area contributed by atoms with Crippen LogP contribution in [0.1, 0.15) is 46.4 Å². The highest BCUT2D eigenvalue weighted by Gasteiger charge is 2.46. The molecule has 0 bridgehead atoms. The van der Waals surface area contributed by atoms with Crippen LogP contribution in [-0.2, 0) is 14.4 Å². The zero-order chi connectivity index (χ0) is 16.4. The van der Waals surface area contributed by atoms with Crippen molar-refractivity contribution in [3.63, 3.8) is 0 Å². The van der Waals surface area contributed by atoms with E-state index in [-0.39, 0.29) is 17.5 Å². The monoisotopic (exact) mass is 313 g/mol. The Labute approximate surface area is 133 Å². The molecule has 2 heterocycles. The normalized spacial score (nSPS) is 23.3. The topological polar surface area (TPSA) is 72.9 Å². The largest absolute Gasteiger partial charge is 0.365 e. The van der Waals surface area contributed by atoms with E-state index in [1.807, 2.05) is 0 Å². The molecule has 3 rings (SSSR count). The van der Waals surface area contributed by atoms with Gasteiger partial charge in [-0.05, 0) is 31.4 Å². The lowest BCUT2D eigenvalue weighted by Gasteiger charge is -2.33. The quantitative estimate of drug-likeness (QED) is 0.627. The molecule has 2 amide bonds. The number of carbonyl (C=O) groups excluding carboxylic acids is 3. The number of terminal acetylenes is 1. The molecule has 0 radical (unpaired) electrons. The third-order valence-electron chi connectivity index (χ3n) is 4.04. The van der Waals surface area contributed by atoms with Crippen LogP contribution in [0.2, 0.25) is 0 Å². The van der Waals surface area contributed by atoms with Crippen LogP contribution in [0.25, 0.3) is 0 Å². The molecule has 0 spiro atoms. The van der Waals surface area contributed by atoms with Gasteiger partial charge in [0.1, 0.15) is 0 Å². The average molecular weight is 313 g/mol. The molecular formula is C17H15NO5. The number of nitrogens with zero attached hydrogens (tertiary/aromatic N) is 1. The molecule has 23 heavy (non-hydrogen) atoms. The summed E-state index contributed by atoms with van der Waals surface area (Å²) in [7, 11) is 0. The Bertz CT molecular complexity index is 677. The van der Waals surface area contributed by atoms with Crippen LogP contribution in [0.15, 0.2) is 24.3 Å². The number of imide groups is 1. The van der Waals surface area contributed by atoms with Crippen molar-refractivity contribution in [1.29, 1.82) is 0 Å². The Morgan fingerprint density at radius 3 is 2.43 bits per heavy atom.